The van der Waals surface area contributed by atoms with Crippen LogP contribution < -0.4 is 5.32 Å². The van der Waals surface area contributed by atoms with Gasteiger partial charge in [-0.1, -0.05) is 60.8 Å². The zero-order valence-electron chi connectivity index (χ0n) is 18.9. The third-order valence-corrected chi connectivity index (χ3v) is 8.47. The number of carbonyl (C=O) groups excluding carboxylic acids is 1. The molecule has 5 nitrogen and oxygen atoms in total. The normalized spacial score (nSPS) is 19.0. The van der Waals surface area contributed by atoms with Crippen LogP contribution in [0.4, 0.5) is 0 Å². The van der Waals surface area contributed by atoms with Crippen molar-refractivity contribution in [3.05, 3.63) is 46.3 Å². The van der Waals surface area contributed by atoms with Crippen molar-refractivity contribution in [1.82, 2.24) is 15.3 Å². The van der Waals surface area contributed by atoms with Crippen LogP contribution in [-0.4, -0.2) is 39.5 Å². The Morgan fingerprint density at radius 3 is 2.81 bits per heavy atom. The number of nitrogens with zero attached hydrogens (tertiary/aromatic N) is 2. The minimum atomic E-state index is -0.161. The fraction of sp³-hybridized carbons (Fsp3) is 0.458. The van der Waals surface area contributed by atoms with E-state index in [1.165, 1.54) is 39.5 Å². The Morgan fingerprint density at radius 1 is 1.31 bits per heavy atom. The maximum Gasteiger partial charge on any atom is 0.230 e. The Hall–Kier alpha value is -1.61. The minimum absolute atomic E-state index is 0.0294. The van der Waals surface area contributed by atoms with Crippen molar-refractivity contribution in [3.8, 4) is 0 Å². The number of ether oxygens (including phenoxy) is 1. The quantitative estimate of drug-likeness (QED) is 0.257. The van der Waals surface area contributed by atoms with E-state index in [0.717, 1.165) is 39.7 Å². The van der Waals surface area contributed by atoms with E-state index in [4.69, 9.17) is 14.7 Å². The summed E-state index contributed by atoms with van der Waals surface area (Å²) in [6.45, 7) is 7.01. The van der Waals surface area contributed by atoms with Crippen molar-refractivity contribution < 1.29 is 9.53 Å². The molecule has 0 unspecified atom stereocenters. The summed E-state index contributed by atoms with van der Waals surface area (Å²) in [4.78, 5) is 24.5. The second-order valence-corrected chi connectivity index (χ2v) is 11.2. The van der Waals surface area contributed by atoms with E-state index in [9.17, 15) is 4.79 Å². The Morgan fingerprint density at radius 2 is 2.09 bits per heavy atom. The van der Waals surface area contributed by atoms with Crippen molar-refractivity contribution in [2.45, 2.75) is 68.5 Å². The van der Waals surface area contributed by atoms with E-state index in [1.807, 2.05) is 31.4 Å². The number of thioether (sulfide) groups is 2. The molecular weight excluding hydrogens is 458 g/mol. The number of thiophene rings is 1. The zero-order valence-corrected chi connectivity index (χ0v) is 21.4. The van der Waals surface area contributed by atoms with E-state index in [-0.39, 0.29) is 17.6 Å². The van der Waals surface area contributed by atoms with Gasteiger partial charge in [-0.2, -0.15) is 0 Å². The molecule has 0 spiro atoms. The van der Waals surface area contributed by atoms with Gasteiger partial charge in [0.15, 0.2) is 5.16 Å². The SMILES string of the molecule is CC[C@@]1(C)Cc2c(sc3nc(SC)nc(SCC(=O)N[C@H](C)Cc4ccccc4)c23)CO1. The molecule has 32 heavy (non-hydrogen) atoms. The van der Waals surface area contributed by atoms with Crippen LogP contribution in [0.3, 0.4) is 0 Å². The minimum Gasteiger partial charge on any atom is -0.369 e. The monoisotopic (exact) mass is 487 g/mol. The standard InChI is InChI=1S/C24H29N3O2S3/c1-5-24(3)12-17-18(13-29-24)32-22-20(17)21(26-23(27-22)30-4)31-14-19(28)25-15(2)11-16-9-7-6-8-10-16/h6-10,15H,5,11-14H2,1-4H3,(H,25,28)/t15-,24+/m1/s1. The number of carbonyl (C=O) groups is 1. The number of nitrogens with one attached hydrogen (secondary N) is 1. The first-order chi connectivity index (χ1) is 15.4. The van der Waals surface area contributed by atoms with Gasteiger partial charge < -0.3 is 10.1 Å². The summed E-state index contributed by atoms with van der Waals surface area (Å²) in [7, 11) is 0. The molecule has 0 radical (unpaired) electrons. The van der Waals surface area contributed by atoms with Gasteiger partial charge in [-0.25, -0.2) is 9.97 Å². The molecule has 170 valence electrons. The lowest BCUT2D eigenvalue weighted by molar-refractivity contribution is -0.119. The molecule has 3 heterocycles. The first kappa shape index (κ1) is 23.5. The predicted molar refractivity (Wildman–Crippen MR) is 135 cm³/mol. The summed E-state index contributed by atoms with van der Waals surface area (Å²) in [5, 5.41) is 5.89. The van der Waals surface area contributed by atoms with Crippen LogP contribution in [0.15, 0.2) is 40.5 Å². The molecule has 3 aromatic rings. The summed E-state index contributed by atoms with van der Waals surface area (Å²) in [5.41, 5.74) is 2.36. The molecule has 1 aliphatic rings. The van der Waals surface area contributed by atoms with E-state index in [1.54, 1.807) is 11.3 Å². The molecule has 1 N–H and O–H groups in total. The third kappa shape index (κ3) is 5.30. The highest BCUT2D eigenvalue weighted by Crippen LogP contribution is 2.43. The summed E-state index contributed by atoms with van der Waals surface area (Å²) >= 11 is 4.74. The maximum absolute atomic E-state index is 12.7. The lowest BCUT2D eigenvalue weighted by Crippen LogP contribution is -2.35. The highest BCUT2D eigenvalue weighted by Gasteiger charge is 2.33. The van der Waals surface area contributed by atoms with E-state index >= 15 is 0 Å². The Kier molecular flexibility index (Phi) is 7.44. The molecule has 1 amide bonds. The van der Waals surface area contributed by atoms with Gasteiger partial charge in [0, 0.05) is 22.7 Å². The molecule has 0 saturated carbocycles. The number of hydrogen-bond acceptors (Lipinski definition) is 7. The first-order valence-electron chi connectivity index (χ1n) is 10.9. The number of hydrogen-bond donors (Lipinski definition) is 1. The molecule has 4 rings (SSSR count). The summed E-state index contributed by atoms with van der Waals surface area (Å²) in [6.07, 6.45) is 4.62. The molecule has 2 atom stereocenters. The molecule has 0 fully saturated rings. The van der Waals surface area contributed by atoms with Gasteiger partial charge in [0.05, 0.1) is 18.0 Å². The molecule has 0 saturated heterocycles. The van der Waals surface area contributed by atoms with Gasteiger partial charge >= 0.3 is 0 Å². The highest BCUT2D eigenvalue weighted by molar-refractivity contribution is 8.00. The van der Waals surface area contributed by atoms with Crippen molar-refractivity contribution in [2.24, 2.45) is 0 Å². The number of rotatable bonds is 8. The van der Waals surface area contributed by atoms with Crippen LogP contribution >= 0.6 is 34.9 Å². The Labute approximate surface area is 202 Å². The lowest BCUT2D eigenvalue weighted by atomic mass is 9.90. The average Bonchev–Trinajstić information content (AvgIpc) is 3.15. The van der Waals surface area contributed by atoms with Gasteiger partial charge in [-0.15, -0.1) is 11.3 Å². The van der Waals surface area contributed by atoms with Crippen LogP contribution in [0.1, 0.15) is 43.2 Å². The maximum atomic E-state index is 12.7. The fourth-order valence-corrected chi connectivity index (χ4v) is 6.43. The second kappa shape index (κ2) is 10.1. The molecular formula is C24H29N3O2S3. The smallest absolute Gasteiger partial charge is 0.230 e. The summed E-state index contributed by atoms with van der Waals surface area (Å²) < 4.78 is 6.14. The number of benzene rings is 1. The molecule has 1 aromatic carbocycles. The van der Waals surface area contributed by atoms with Gasteiger partial charge in [0.2, 0.25) is 5.91 Å². The van der Waals surface area contributed by atoms with Crippen LogP contribution in [0.5, 0.6) is 0 Å². The van der Waals surface area contributed by atoms with Gasteiger partial charge in [0.1, 0.15) is 9.86 Å². The molecule has 1 aliphatic heterocycles. The third-order valence-electron chi connectivity index (χ3n) is 5.85. The number of aromatic nitrogens is 2. The van der Waals surface area contributed by atoms with Gasteiger partial charge in [0.25, 0.3) is 0 Å². The predicted octanol–water partition coefficient (Wildman–Crippen LogP) is 5.49. The largest absolute Gasteiger partial charge is 0.369 e. The van der Waals surface area contributed by atoms with E-state index in [0.29, 0.717) is 12.4 Å². The highest BCUT2D eigenvalue weighted by atomic mass is 32.2. The molecule has 8 heteroatoms. The number of fused-ring (bicyclic) bond motifs is 3. The van der Waals surface area contributed by atoms with Crippen molar-refractivity contribution >= 4 is 51.0 Å². The molecule has 2 aromatic heterocycles. The zero-order chi connectivity index (χ0) is 22.7. The number of amides is 1. The van der Waals surface area contributed by atoms with Crippen molar-refractivity contribution in [1.29, 1.82) is 0 Å². The summed E-state index contributed by atoms with van der Waals surface area (Å²) in [6, 6.07) is 10.3. The Bertz CT molecular complexity index is 1100. The van der Waals surface area contributed by atoms with E-state index in [2.05, 4.69) is 31.3 Å². The summed E-state index contributed by atoms with van der Waals surface area (Å²) in [5.74, 6) is 0.368. The fourth-order valence-electron chi connectivity index (χ4n) is 3.91. The molecule has 0 aliphatic carbocycles. The first-order valence-corrected chi connectivity index (χ1v) is 13.9. The van der Waals surface area contributed by atoms with Crippen LogP contribution in [0, 0.1) is 0 Å². The van der Waals surface area contributed by atoms with E-state index < -0.39 is 0 Å². The molecule has 0 bridgehead atoms. The van der Waals surface area contributed by atoms with Crippen molar-refractivity contribution in [3.63, 3.8) is 0 Å². The lowest BCUT2D eigenvalue weighted by Gasteiger charge is -2.33. The van der Waals surface area contributed by atoms with Crippen LogP contribution in [0.25, 0.3) is 10.2 Å². The topological polar surface area (TPSA) is 64.1 Å². The van der Waals surface area contributed by atoms with Crippen LogP contribution in [0.2, 0.25) is 0 Å². The average molecular weight is 488 g/mol. The van der Waals surface area contributed by atoms with Crippen LogP contribution in [-0.2, 0) is 29.0 Å². The van der Waals surface area contributed by atoms with Gasteiger partial charge in [-0.05, 0) is 44.1 Å². The second-order valence-electron chi connectivity index (χ2n) is 8.42. The Balaban J connectivity index is 1.51. The van der Waals surface area contributed by atoms with Crippen molar-refractivity contribution in [2.75, 3.05) is 12.0 Å². The van der Waals surface area contributed by atoms with Gasteiger partial charge in [-0.3, -0.25) is 4.79 Å².